The van der Waals surface area contributed by atoms with Crippen LogP contribution in [0.1, 0.15) is 62.7 Å². The highest BCUT2D eigenvalue weighted by molar-refractivity contribution is 5.94. The van der Waals surface area contributed by atoms with Crippen molar-refractivity contribution in [2.75, 3.05) is 13.2 Å². The standard InChI is InChI=1S/C21H31N3O3/c1-15(2)22-20(25)16-9-11-19(12-10-16)27-14-18-8-5-13-24(18)21(26)23-17-6-3-4-7-17/h9-12,15,17-18H,3-8,13-14H2,1-2H3,(H,22,25)(H,23,26). The Hall–Kier alpha value is -2.24. The van der Waals surface area contributed by atoms with Crippen molar-refractivity contribution in [3.63, 3.8) is 0 Å². The van der Waals surface area contributed by atoms with Crippen molar-refractivity contribution in [2.45, 2.75) is 70.5 Å². The molecule has 1 atom stereocenters. The SMILES string of the molecule is CC(C)NC(=O)c1ccc(OCC2CCCN2C(=O)NC2CCCC2)cc1. The van der Waals surface area contributed by atoms with Crippen LogP contribution in [0.25, 0.3) is 0 Å². The molecule has 148 valence electrons. The molecule has 1 aromatic rings. The minimum Gasteiger partial charge on any atom is -0.491 e. The Bertz CT molecular complexity index is 639. The summed E-state index contributed by atoms with van der Waals surface area (Å²) in [5.74, 6) is 0.640. The summed E-state index contributed by atoms with van der Waals surface area (Å²) in [5, 5.41) is 6.04. The first kappa shape index (κ1) is 19.5. The van der Waals surface area contributed by atoms with Gasteiger partial charge in [-0.3, -0.25) is 4.79 Å². The van der Waals surface area contributed by atoms with E-state index in [1.54, 1.807) is 12.1 Å². The molecular formula is C21H31N3O3. The van der Waals surface area contributed by atoms with Gasteiger partial charge in [0.25, 0.3) is 5.91 Å². The fourth-order valence-corrected chi connectivity index (χ4v) is 3.84. The average Bonchev–Trinajstić information content (AvgIpc) is 3.31. The van der Waals surface area contributed by atoms with Crippen LogP contribution >= 0.6 is 0 Å². The lowest BCUT2D eigenvalue weighted by molar-refractivity contribution is 0.0943. The van der Waals surface area contributed by atoms with Crippen molar-refractivity contribution in [3.05, 3.63) is 29.8 Å². The highest BCUT2D eigenvalue weighted by Gasteiger charge is 2.30. The lowest BCUT2D eigenvalue weighted by Gasteiger charge is -2.26. The topological polar surface area (TPSA) is 70.7 Å². The molecule has 0 radical (unpaired) electrons. The fraction of sp³-hybridized carbons (Fsp3) is 0.619. The van der Waals surface area contributed by atoms with Gasteiger partial charge < -0.3 is 20.3 Å². The first-order valence-corrected chi connectivity index (χ1v) is 10.1. The second kappa shape index (κ2) is 9.11. The number of likely N-dealkylation sites (tertiary alicyclic amines) is 1. The van der Waals surface area contributed by atoms with E-state index in [4.69, 9.17) is 4.74 Å². The van der Waals surface area contributed by atoms with Gasteiger partial charge in [-0.1, -0.05) is 12.8 Å². The third-order valence-corrected chi connectivity index (χ3v) is 5.30. The van der Waals surface area contributed by atoms with E-state index in [0.29, 0.717) is 18.2 Å². The number of rotatable bonds is 6. The van der Waals surface area contributed by atoms with Gasteiger partial charge in [-0.05, 0) is 63.8 Å². The first-order valence-electron chi connectivity index (χ1n) is 10.1. The second-order valence-corrected chi connectivity index (χ2v) is 7.88. The van der Waals surface area contributed by atoms with Crippen LogP contribution in [0.2, 0.25) is 0 Å². The normalized spacial score (nSPS) is 20.1. The Labute approximate surface area is 161 Å². The number of nitrogens with zero attached hydrogens (tertiary/aromatic N) is 1. The van der Waals surface area contributed by atoms with Crippen molar-refractivity contribution >= 4 is 11.9 Å². The summed E-state index contributed by atoms with van der Waals surface area (Å²) in [4.78, 5) is 26.5. The summed E-state index contributed by atoms with van der Waals surface area (Å²) < 4.78 is 5.90. The number of ether oxygens (including phenoxy) is 1. The maximum Gasteiger partial charge on any atom is 0.317 e. The summed E-state index contributed by atoms with van der Waals surface area (Å²) in [6.45, 7) is 5.15. The van der Waals surface area contributed by atoms with Crippen LogP contribution in [0.4, 0.5) is 4.79 Å². The van der Waals surface area contributed by atoms with E-state index < -0.39 is 0 Å². The van der Waals surface area contributed by atoms with Crippen LogP contribution in [0.3, 0.4) is 0 Å². The van der Waals surface area contributed by atoms with E-state index in [2.05, 4.69) is 10.6 Å². The molecule has 1 heterocycles. The Kier molecular flexibility index (Phi) is 6.58. The number of hydrogen-bond acceptors (Lipinski definition) is 3. The van der Waals surface area contributed by atoms with Crippen LogP contribution in [0, 0.1) is 0 Å². The Morgan fingerprint density at radius 2 is 1.81 bits per heavy atom. The van der Waals surface area contributed by atoms with Crippen molar-refractivity contribution in [2.24, 2.45) is 0 Å². The van der Waals surface area contributed by atoms with E-state index in [9.17, 15) is 9.59 Å². The van der Waals surface area contributed by atoms with E-state index in [1.807, 2.05) is 30.9 Å². The molecule has 1 aromatic carbocycles. The van der Waals surface area contributed by atoms with Gasteiger partial charge >= 0.3 is 6.03 Å². The molecule has 2 aliphatic rings. The summed E-state index contributed by atoms with van der Waals surface area (Å²) in [7, 11) is 0. The van der Waals surface area contributed by atoms with Gasteiger partial charge in [-0.2, -0.15) is 0 Å². The van der Waals surface area contributed by atoms with Crippen molar-refractivity contribution < 1.29 is 14.3 Å². The minimum absolute atomic E-state index is 0.0497. The molecule has 1 unspecified atom stereocenters. The smallest absolute Gasteiger partial charge is 0.317 e. The van der Waals surface area contributed by atoms with Gasteiger partial charge in [-0.25, -0.2) is 4.79 Å². The maximum absolute atomic E-state index is 12.5. The van der Waals surface area contributed by atoms with Gasteiger partial charge in [0.15, 0.2) is 0 Å². The molecule has 3 rings (SSSR count). The van der Waals surface area contributed by atoms with Gasteiger partial charge in [-0.15, -0.1) is 0 Å². The predicted molar refractivity (Wildman–Crippen MR) is 105 cm³/mol. The van der Waals surface area contributed by atoms with Gasteiger partial charge in [0.1, 0.15) is 12.4 Å². The molecule has 6 heteroatoms. The van der Waals surface area contributed by atoms with Crippen molar-refractivity contribution in [1.29, 1.82) is 0 Å². The van der Waals surface area contributed by atoms with E-state index in [-0.39, 0.29) is 24.0 Å². The second-order valence-electron chi connectivity index (χ2n) is 7.88. The third-order valence-electron chi connectivity index (χ3n) is 5.30. The average molecular weight is 373 g/mol. The zero-order valence-corrected chi connectivity index (χ0v) is 16.4. The molecule has 0 bridgehead atoms. The molecule has 2 fully saturated rings. The zero-order chi connectivity index (χ0) is 19.2. The molecular weight excluding hydrogens is 342 g/mol. The van der Waals surface area contributed by atoms with E-state index >= 15 is 0 Å². The monoisotopic (exact) mass is 373 g/mol. The third kappa shape index (κ3) is 5.37. The summed E-state index contributed by atoms with van der Waals surface area (Å²) in [5.41, 5.74) is 0.620. The molecule has 2 N–H and O–H groups in total. The van der Waals surface area contributed by atoms with Crippen LogP contribution in [-0.2, 0) is 0 Å². The summed E-state index contributed by atoms with van der Waals surface area (Å²) in [6, 6.07) is 7.77. The molecule has 1 saturated carbocycles. The van der Waals surface area contributed by atoms with Crippen LogP contribution < -0.4 is 15.4 Å². The predicted octanol–water partition coefficient (Wildman–Crippen LogP) is 3.32. The molecule has 6 nitrogen and oxygen atoms in total. The quantitative estimate of drug-likeness (QED) is 0.804. The molecule has 0 aromatic heterocycles. The zero-order valence-electron chi connectivity index (χ0n) is 16.4. The number of carbonyl (C=O) groups excluding carboxylic acids is 2. The van der Waals surface area contributed by atoms with Crippen LogP contribution in [0.15, 0.2) is 24.3 Å². The van der Waals surface area contributed by atoms with E-state index in [1.165, 1.54) is 12.8 Å². The number of hydrogen-bond donors (Lipinski definition) is 2. The summed E-state index contributed by atoms with van der Waals surface area (Å²) >= 11 is 0. The molecule has 0 spiro atoms. The van der Waals surface area contributed by atoms with Crippen molar-refractivity contribution in [3.8, 4) is 5.75 Å². The number of benzene rings is 1. The molecule has 1 aliphatic carbocycles. The van der Waals surface area contributed by atoms with E-state index in [0.717, 1.165) is 38.0 Å². The maximum atomic E-state index is 12.5. The molecule has 1 aliphatic heterocycles. The highest BCUT2D eigenvalue weighted by Crippen LogP contribution is 2.22. The van der Waals surface area contributed by atoms with Crippen LogP contribution in [0.5, 0.6) is 5.75 Å². The molecule has 1 saturated heterocycles. The number of urea groups is 1. The molecule has 27 heavy (non-hydrogen) atoms. The van der Waals surface area contributed by atoms with Crippen molar-refractivity contribution in [1.82, 2.24) is 15.5 Å². The number of amides is 3. The summed E-state index contributed by atoms with van der Waals surface area (Å²) in [6.07, 6.45) is 6.59. The largest absolute Gasteiger partial charge is 0.491 e. The first-order chi connectivity index (χ1) is 13.0. The fourth-order valence-electron chi connectivity index (χ4n) is 3.84. The Balaban J connectivity index is 1.49. The lowest BCUT2D eigenvalue weighted by Crippen LogP contribution is -2.47. The molecule has 3 amide bonds. The Morgan fingerprint density at radius 3 is 2.48 bits per heavy atom. The van der Waals surface area contributed by atoms with Gasteiger partial charge in [0.05, 0.1) is 6.04 Å². The van der Waals surface area contributed by atoms with Gasteiger partial charge in [0.2, 0.25) is 0 Å². The highest BCUT2D eigenvalue weighted by atomic mass is 16.5. The number of carbonyl (C=O) groups is 2. The van der Waals surface area contributed by atoms with Gasteiger partial charge in [0, 0.05) is 24.2 Å². The Morgan fingerprint density at radius 1 is 1.11 bits per heavy atom. The minimum atomic E-state index is -0.0814. The lowest BCUT2D eigenvalue weighted by atomic mass is 10.2. The number of nitrogens with one attached hydrogen (secondary N) is 2. The van der Waals surface area contributed by atoms with Crippen LogP contribution in [-0.4, -0.2) is 48.1 Å².